The standard InChI is InChI=1S/C9H13F3O5/c1-15-7(13)6(8(14)16-2)3-4-17-5-9(10,11)12/h6H,3-5H2,1-2H3. The molecule has 0 aliphatic carbocycles. The number of carbonyl (C=O) groups excluding carboxylic acids is 2. The molecule has 17 heavy (non-hydrogen) atoms. The van der Waals surface area contributed by atoms with Crippen LogP contribution >= 0.6 is 0 Å². The Hall–Kier alpha value is -1.31. The quantitative estimate of drug-likeness (QED) is 0.402. The van der Waals surface area contributed by atoms with Gasteiger partial charge in [-0.05, 0) is 6.42 Å². The Morgan fingerprint density at radius 3 is 1.94 bits per heavy atom. The first-order chi connectivity index (χ1) is 7.81. The molecule has 0 aliphatic rings. The molecule has 0 bridgehead atoms. The zero-order chi connectivity index (χ0) is 13.5. The highest BCUT2D eigenvalue weighted by Crippen LogP contribution is 2.15. The van der Waals surface area contributed by atoms with Crippen molar-refractivity contribution in [1.29, 1.82) is 0 Å². The summed E-state index contributed by atoms with van der Waals surface area (Å²) >= 11 is 0. The van der Waals surface area contributed by atoms with Crippen molar-refractivity contribution in [2.24, 2.45) is 5.92 Å². The van der Waals surface area contributed by atoms with E-state index in [0.717, 1.165) is 14.2 Å². The zero-order valence-electron chi connectivity index (χ0n) is 9.37. The van der Waals surface area contributed by atoms with Crippen LogP contribution in [0.15, 0.2) is 0 Å². The fourth-order valence-corrected chi connectivity index (χ4v) is 1.01. The van der Waals surface area contributed by atoms with E-state index in [2.05, 4.69) is 14.2 Å². The van der Waals surface area contributed by atoms with Crippen LogP contribution in [0.2, 0.25) is 0 Å². The summed E-state index contributed by atoms with van der Waals surface area (Å²) in [6.07, 6.45) is -4.67. The van der Waals surface area contributed by atoms with Crippen LogP contribution in [0.4, 0.5) is 13.2 Å². The van der Waals surface area contributed by atoms with Gasteiger partial charge >= 0.3 is 18.1 Å². The van der Waals surface area contributed by atoms with Crippen molar-refractivity contribution in [3.8, 4) is 0 Å². The van der Waals surface area contributed by atoms with E-state index in [4.69, 9.17) is 0 Å². The number of halogens is 3. The molecule has 8 heteroatoms. The van der Waals surface area contributed by atoms with Crippen LogP contribution in [0.3, 0.4) is 0 Å². The highest BCUT2D eigenvalue weighted by atomic mass is 19.4. The summed E-state index contributed by atoms with van der Waals surface area (Å²) in [6.45, 7) is -1.82. The maximum absolute atomic E-state index is 11.7. The van der Waals surface area contributed by atoms with E-state index >= 15 is 0 Å². The summed E-state index contributed by atoms with van der Waals surface area (Å²) in [4.78, 5) is 22.2. The van der Waals surface area contributed by atoms with Crippen LogP contribution in [-0.2, 0) is 23.8 Å². The molecule has 0 atom stereocenters. The lowest BCUT2D eigenvalue weighted by Gasteiger charge is -2.13. The number of rotatable bonds is 6. The highest BCUT2D eigenvalue weighted by Gasteiger charge is 2.30. The number of hydrogen-bond acceptors (Lipinski definition) is 5. The maximum atomic E-state index is 11.7. The molecule has 0 amide bonds. The fraction of sp³-hybridized carbons (Fsp3) is 0.778. The van der Waals surface area contributed by atoms with Gasteiger partial charge in [0.1, 0.15) is 6.61 Å². The predicted molar refractivity (Wildman–Crippen MR) is 49.0 cm³/mol. The van der Waals surface area contributed by atoms with Gasteiger partial charge in [0.25, 0.3) is 0 Å². The Morgan fingerprint density at radius 2 is 1.59 bits per heavy atom. The summed E-state index contributed by atoms with van der Waals surface area (Å²) in [6, 6.07) is 0. The third-order valence-corrected chi connectivity index (χ3v) is 1.79. The first-order valence-corrected chi connectivity index (χ1v) is 4.62. The average Bonchev–Trinajstić information content (AvgIpc) is 2.26. The minimum absolute atomic E-state index is 0.227. The van der Waals surface area contributed by atoms with E-state index < -0.39 is 37.2 Å². The molecule has 0 unspecified atom stereocenters. The molecule has 0 spiro atoms. The van der Waals surface area contributed by atoms with E-state index in [0.29, 0.717) is 0 Å². The summed E-state index contributed by atoms with van der Waals surface area (Å²) < 4.78 is 48.1. The largest absolute Gasteiger partial charge is 0.468 e. The first-order valence-electron chi connectivity index (χ1n) is 4.62. The molecule has 0 fully saturated rings. The SMILES string of the molecule is COC(=O)C(CCOCC(F)(F)F)C(=O)OC. The monoisotopic (exact) mass is 258 g/mol. The molecule has 0 aromatic rings. The predicted octanol–water partition coefficient (Wildman–Crippen LogP) is 0.918. The van der Waals surface area contributed by atoms with E-state index in [1.54, 1.807) is 0 Å². The fourth-order valence-electron chi connectivity index (χ4n) is 1.01. The Bertz CT molecular complexity index is 248. The van der Waals surface area contributed by atoms with Crippen molar-refractivity contribution in [3.05, 3.63) is 0 Å². The molecule has 0 rings (SSSR count). The van der Waals surface area contributed by atoms with Crippen LogP contribution in [-0.4, -0.2) is 45.5 Å². The van der Waals surface area contributed by atoms with Crippen molar-refractivity contribution < 1.29 is 37.0 Å². The number of esters is 2. The number of hydrogen-bond donors (Lipinski definition) is 0. The Kier molecular flexibility index (Phi) is 6.55. The molecule has 5 nitrogen and oxygen atoms in total. The van der Waals surface area contributed by atoms with Gasteiger partial charge in [-0.1, -0.05) is 0 Å². The third-order valence-electron chi connectivity index (χ3n) is 1.79. The van der Waals surface area contributed by atoms with E-state index in [1.807, 2.05) is 0 Å². The van der Waals surface area contributed by atoms with Crippen molar-refractivity contribution in [2.75, 3.05) is 27.4 Å². The Labute approximate surface area is 95.8 Å². The van der Waals surface area contributed by atoms with Crippen molar-refractivity contribution >= 4 is 11.9 Å². The lowest BCUT2D eigenvalue weighted by atomic mass is 10.1. The topological polar surface area (TPSA) is 61.8 Å². The molecular formula is C9H13F3O5. The van der Waals surface area contributed by atoms with Crippen molar-refractivity contribution in [2.45, 2.75) is 12.6 Å². The first kappa shape index (κ1) is 15.7. The lowest BCUT2D eigenvalue weighted by Crippen LogP contribution is -2.28. The molecule has 0 aromatic heterocycles. The van der Waals surface area contributed by atoms with Gasteiger partial charge in [-0.15, -0.1) is 0 Å². The molecule has 0 saturated heterocycles. The number of ether oxygens (including phenoxy) is 3. The second-order valence-electron chi connectivity index (χ2n) is 3.06. The van der Waals surface area contributed by atoms with Crippen LogP contribution in [0.1, 0.15) is 6.42 Å². The van der Waals surface area contributed by atoms with Crippen molar-refractivity contribution in [3.63, 3.8) is 0 Å². The summed E-state index contributed by atoms with van der Waals surface area (Å²) in [7, 11) is 2.13. The second kappa shape index (κ2) is 7.10. The summed E-state index contributed by atoms with van der Waals surface area (Å²) in [5.41, 5.74) is 0. The van der Waals surface area contributed by atoms with Crippen LogP contribution in [0.25, 0.3) is 0 Å². The smallest absolute Gasteiger partial charge is 0.411 e. The third kappa shape index (κ3) is 6.77. The normalized spacial score (nSPS) is 11.4. The van der Waals surface area contributed by atoms with Gasteiger partial charge in [-0.25, -0.2) is 0 Å². The van der Waals surface area contributed by atoms with Crippen LogP contribution in [0, 0.1) is 5.92 Å². The van der Waals surface area contributed by atoms with E-state index in [-0.39, 0.29) is 6.42 Å². The minimum Gasteiger partial charge on any atom is -0.468 e. The summed E-state index contributed by atoms with van der Waals surface area (Å²) in [5.74, 6) is -3.00. The van der Waals surface area contributed by atoms with E-state index in [9.17, 15) is 22.8 Å². The molecule has 0 heterocycles. The number of alkyl halides is 3. The minimum atomic E-state index is -4.44. The number of methoxy groups -OCH3 is 2. The highest BCUT2D eigenvalue weighted by molar-refractivity contribution is 5.94. The second-order valence-corrected chi connectivity index (χ2v) is 3.06. The number of carbonyl (C=O) groups is 2. The van der Waals surface area contributed by atoms with Gasteiger partial charge in [0.15, 0.2) is 5.92 Å². The zero-order valence-corrected chi connectivity index (χ0v) is 9.37. The van der Waals surface area contributed by atoms with Gasteiger partial charge in [-0.2, -0.15) is 13.2 Å². The molecule has 0 aromatic carbocycles. The molecule has 0 radical (unpaired) electrons. The summed E-state index contributed by atoms with van der Waals surface area (Å²) in [5, 5.41) is 0. The Morgan fingerprint density at radius 1 is 1.12 bits per heavy atom. The molecule has 0 N–H and O–H groups in total. The van der Waals surface area contributed by atoms with Gasteiger partial charge in [-0.3, -0.25) is 9.59 Å². The lowest BCUT2D eigenvalue weighted by molar-refractivity contribution is -0.176. The molecular weight excluding hydrogens is 245 g/mol. The molecule has 100 valence electrons. The van der Waals surface area contributed by atoms with Crippen molar-refractivity contribution in [1.82, 2.24) is 0 Å². The maximum Gasteiger partial charge on any atom is 0.411 e. The Balaban J connectivity index is 4.10. The molecule has 0 saturated carbocycles. The van der Waals surface area contributed by atoms with E-state index in [1.165, 1.54) is 0 Å². The van der Waals surface area contributed by atoms with Gasteiger partial charge in [0.05, 0.1) is 14.2 Å². The van der Waals surface area contributed by atoms with Gasteiger partial charge < -0.3 is 14.2 Å². The van der Waals surface area contributed by atoms with Crippen LogP contribution in [0.5, 0.6) is 0 Å². The van der Waals surface area contributed by atoms with Gasteiger partial charge in [0, 0.05) is 6.61 Å². The molecule has 0 aliphatic heterocycles. The van der Waals surface area contributed by atoms with Gasteiger partial charge in [0.2, 0.25) is 0 Å². The van der Waals surface area contributed by atoms with Crippen LogP contribution < -0.4 is 0 Å². The average molecular weight is 258 g/mol.